The van der Waals surface area contributed by atoms with Crippen LogP contribution in [0.3, 0.4) is 0 Å². The van der Waals surface area contributed by atoms with Gasteiger partial charge >= 0.3 is 0 Å². The number of nitrogens with zero attached hydrogens (tertiary/aromatic N) is 4. The van der Waals surface area contributed by atoms with Gasteiger partial charge in [-0.1, -0.05) is 35.5 Å². The van der Waals surface area contributed by atoms with Gasteiger partial charge in [-0.25, -0.2) is 4.68 Å². The molecule has 0 aliphatic carbocycles. The van der Waals surface area contributed by atoms with Crippen LogP contribution >= 0.6 is 0 Å². The lowest BCUT2D eigenvalue weighted by molar-refractivity contribution is 0.0935. The standard InChI is InChI=1S/C19H21N5O/c1-14-6-3-4-8-17(14)12-24-13-18(22-23-24)19(25)21-15(2)10-16-7-5-9-20-11-16/h3-9,11,13,15H,10,12H2,1-2H3,(H,21,25)/t15-/m0/s1. The molecule has 1 N–H and O–H groups in total. The molecule has 3 rings (SSSR count). The van der Waals surface area contributed by atoms with E-state index in [4.69, 9.17) is 0 Å². The Balaban J connectivity index is 1.60. The van der Waals surface area contributed by atoms with Gasteiger partial charge in [0.15, 0.2) is 5.69 Å². The topological polar surface area (TPSA) is 72.7 Å². The summed E-state index contributed by atoms with van der Waals surface area (Å²) < 4.78 is 1.68. The van der Waals surface area contributed by atoms with Gasteiger partial charge < -0.3 is 5.32 Å². The van der Waals surface area contributed by atoms with Crippen molar-refractivity contribution in [1.29, 1.82) is 0 Å². The molecule has 1 aromatic carbocycles. The first-order valence-corrected chi connectivity index (χ1v) is 8.26. The van der Waals surface area contributed by atoms with E-state index in [0.717, 1.165) is 17.5 Å². The van der Waals surface area contributed by atoms with Gasteiger partial charge in [0.25, 0.3) is 5.91 Å². The van der Waals surface area contributed by atoms with Crippen molar-refractivity contribution >= 4 is 5.91 Å². The number of pyridine rings is 1. The lowest BCUT2D eigenvalue weighted by Gasteiger charge is -2.12. The van der Waals surface area contributed by atoms with E-state index in [1.54, 1.807) is 23.3 Å². The van der Waals surface area contributed by atoms with Gasteiger partial charge in [0.05, 0.1) is 12.7 Å². The minimum atomic E-state index is -0.215. The van der Waals surface area contributed by atoms with Gasteiger partial charge in [0.2, 0.25) is 0 Å². The third-order valence-corrected chi connectivity index (χ3v) is 4.01. The van der Waals surface area contributed by atoms with Crippen molar-refractivity contribution in [1.82, 2.24) is 25.3 Å². The van der Waals surface area contributed by atoms with Crippen LogP contribution in [0.15, 0.2) is 55.0 Å². The molecule has 0 radical (unpaired) electrons. The Hall–Kier alpha value is -3.02. The number of nitrogens with one attached hydrogen (secondary N) is 1. The SMILES string of the molecule is Cc1ccccc1Cn1cc(C(=O)N[C@@H](C)Cc2cccnc2)nn1. The Kier molecular flexibility index (Phi) is 5.18. The monoisotopic (exact) mass is 335 g/mol. The summed E-state index contributed by atoms with van der Waals surface area (Å²) in [6.07, 6.45) is 5.94. The largest absolute Gasteiger partial charge is 0.348 e. The summed E-state index contributed by atoms with van der Waals surface area (Å²) in [5, 5.41) is 11.0. The van der Waals surface area contributed by atoms with Crippen LogP contribution in [-0.4, -0.2) is 31.9 Å². The van der Waals surface area contributed by atoms with Gasteiger partial charge in [-0.05, 0) is 43.0 Å². The fraction of sp³-hybridized carbons (Fsp3) is 0.263. The zero-order valence-corrected chi connectivity index (χ0v) is 14.4. The number of amides is 1. The highest BCUT2D eigenvalue weighted by Crippen LogP contribution is 2.09. The number of benzene rings is 1. The third-order valence-electron chi connectivity index (χ3n) is 4.01. The Morgan fingerprint density at radius 1 is 1.24 bits per heavy atom. The summed E-state index contributed by atoms with van der Waals surface area (Å²) in [6.45, 7) is 4.61. The van der Waals surface area contributed by atoms with Crippen LogP contribution in [0.25, 0.3) is 0 Å². The molecule has 128 valence electrons. The minimum absolute atomic E-state index is 0.0155. The van der Waals surface area contributed by atoms with Crippen molar-refractivity contribution in [3.05, 3.63) is 77.4 Å². The van der Waals surface area contributed by atoms with Gasteiger partial charge in [0.1, 0.15) is 0 Å². The molecule has 2 aromatic heterocycles. The number of aromatic nitrogens is 4. The molecule has 0 unspecified atom stereocenters. The summed E-state index contributed by atoms with van der Waals surface area (Å²) in [4.78, 5) is 16.4. The number of aryl methyl sites for hydroxylation is 1. The average Bonchev–Trinajstić information content (AvgIpc) is 3.06. The van der Waals surface area contributed by atoms with Crippen molar-refractivity contribution in [3.63, 3.8) is 0 Å². The maximum atomic E-state index is 12.3. The molecular formula is C19H21N5O. The predicted molar refractivity (Wildman–Crippen MR) is 95.2 cm³/mol. The Bertz CT molecular complexity index is 844. The summed E-state index contributed by atoms with van der Waals surface area (Å²) in [5.41, 5.74) is 3.75. The van der Waals surface area contributed by atoms with Crippen molar-refractivity contribution in [2.45, 2.75) is 32.9 Å². The van der Waals surface area contributed by atoms with Gasteiger partial charge in [-0.15, -0.1) is 5.10 Å². The fourth-order valence-corrected chi connectivity index (χ4v) is 2.66. The minimum Gasteiger partial charge on any atom is -0.348 e. The third kappa shape index (κ3) is 4.50. The molecular weight excluding hydrogens is 314 g/mol. The maximum absolute atomic E-state index is 12.3. The van der Waals surface area contributed by atoms with E-state index >= 15 is 0 Å². The molecule has 6 nitrogen and oxygen atoms in total. The Morgan fingerprint density at radius 3 is 2.84 bits per heavy atom. The average molecular weight is 335 g/mol. The van der Waals surface area contributed by atoms with E-state index in [-0.39, 0.29) is 11.9 Å². The van der Waals surface area contributed by atoms with Crippen molar-refractivity contribution < 1.29 is 4.79 Å². The molecule has 0 saturated carbocycles. The zero-order valence-electron chi connectivity index (χ0n) is 14.4. The second-order valence-corrected chi connectivity index (χ2v) is 6.17. The molecule has 1 atom stereocenters. The van der Waals surface area contributed by atoms with E-state index in [0.29, 0.717) is 12.2 Å². The number of rotatable bonds is 6. The molecule has 3 aromatic rings. The summed E-state index contributed by atoms with van der Waals surface area (Å²) in [5.74, 6) is -0.215. The lowest BCUT2D eigenvalue weighted by atomic mass is 10.1. The fourth-order valence-electron chi connectivity index (χ4n) is 2.66. The van der Waals surface area contributed by atoms with E-state index in [2.05, 4.69) is 33.6 Å². The van der Waals surface area contributed by atoms with Crippen LogP contribution in [-0.2, 0) is 13.0 Å². The van der Waals surface area contributed by atoms with Crippen LogP contribution in [0.2, 0.25) is 0 Å². The smallest absolute Gasteiger partial charge is 0.273 e. The summed E-state index contributed by atoms with van der Waals surface area (Å²) >= 11 is 0. The molecule has 0 aliphatic heterocycles. The quantitative estimate of drug-likeness (QED) is 0.751. The molecule has 0 fully saturated rings. The molecule has 0 bridgehead atoms. The maximum Gasteiger partial charge on any atom is 0.273 e. The second-order valence-electron chi connectivity index (χ2n) is 6.17. The molecule has 0 saturated heterocycles. The van der Waals surface area contributed by atoms with Gasteiger partial charge in [-0.2, -0.15) is 0 Å². The van der Waals surface area contributed by atoms with E-state index in [9.17, 15) is 4.79 Å². The van der Waals surface area contributed by atoms with Crippen molar-refractivity contribution in [2.24, 2.45) is 0 Å². The highest BCUT2D eigenvalue weighted by molar-refractivity contribution is 5.92. The second kappa shape index (κ2) is 7.70. The highest BCUT2D eigenvalue weighted by Gasteiger charge is 2.14. The van der Waals surface area contributed by atoms with E-state index in [1.165, 1.54) is 5.56 Å². The predicted octanol–water partition coefficient (Wildman–Crippen LogP) is 2.39. The summed E-state index contributed by atoms with van der Waals surface area (Å²) in [7, 11) is 0. The molecule has 25 heavy (non-hydrogen) atoms. The number of carbonyl (C=O) groups excluding carboxylic acids is 1. The number of hydrogen-bond acceptors (Lipinski definition) is 4. The highest BCUT2D eigenvalue weighted by atomic mass is 16.2. The number of hydrogen-bond donors (Lipinski definition) is 1. The van der Waals surface area contributed by atoms with Crippen LogP contribution < -0.4 is 5.32 Å². The van der Waals surface area contributed by atoms with Crippen LogP contribution in [0.1, 0.15) is 34.1 Å². The first kappa shape index (κ1) is 16.8. The number of carbonyl (C=O) groups is 1. The molecule has 2 heterocycles. The van der Waals surface area contributed by atoms with Crippen molar-refractivity contribution in [2.75, 3.05) is 0 Å². The van der Waals surface area contributed by atoms with Crippen LogP contribution in [0, 0.1) is 6.92 Å². The van der Waals surface area contributed by atoms with E-state index < -0.39 is 0 Å². The van der Waals surface area contributed by atoms with Gasteiger partial charge in [-0.3, -0.25) is 9.78 Å². The van der Waals surface area contributed by atoms with Gasteiger partial charge in [0, 0.05) is 18.4 Å². The molecule has 1 amide bonds. The first-order valence-electron chi connectivity index (χ1n) is 8.26. The molecule has 6 heteroatoms. The zero-order chi connectivity index (χ0) is 17.6. The molecule has 0 spiro atoms. The van der Waals surface area contributed by atoms with Crippen LogP contribution in [0.5, 0.6) is 0 Å². The summed E-state index contributed by atoms with van der Waals surface area (Å²) in [6, 6.07) is 12.0. The Labute approximate surface area is 146 Å². The first-order chi connectivity index (χ1) is 12.1. The van der Waals surface area contributed by atoms with Crippen LogP contribution in [0.4, 0.5) is 0 Å². The lowest BCUT2D eigenvalue weighted by Crippen LogP contribution is -2.34. The molecule has 0 aliphatic rings. The van der Waals surface area contributed by atoms with E-state index in [1.807, 2.05) is 37.3 Å². The van der Waals surface area contributed by atoms with Crippen molar-refractivity contribution in [3.8, 4) is 0 Å². The normalized spacial score (nSPS) is 11.9. The Morgan fingerprint density at radius 2 is 2.08 bits per heavy atom.